The lowest BCUT2D eigenvalue weighted by Crippen LogP contribution is -2.25. The van der Waals surface area contributed by atoms with Gasteiger partial charge < -0.3 is 24.1 Å². The molecule has 0 aromatic heterocycles. The number of aliphatic carboxylic acids is 1. The molecule has 1 saturated heterocycles. The van der Waals surface area contributed by atoms with Gasteiger partial charge >= 0.3 is 5.97 Å². The van der Waals surface area contributed by atoms with Gasteiger partial charge in [0.15, 0.2) is 0 Å². The van der Waals surface area contributed by atoms with Crippen molar-refractivity contribution in [3.05, 3.63) is 76.9 Å². The van der Waals surface area contributed by atoms with Crippen molar-refractivity contribution in [3.63, 3.8) is 0 Å². The van der Waals surface area contributed by atoms with E-state index in [2.05, 4.69) is 50.2 Å². The summed E-state index contributed by atoms with van der Waals surface area (Å²) in [5.41, 5.74) is 6.69. The van der Waals surface area contributed by atoms with E-state index < -0.39 is 5.97 Å². The van der Waals surface area contributed by atoms with Crippen LogP contribution >= 0.6 is 0 Å². The van der Waals surface area contributed by atoms with Crippen molar-refractivity contribution in [2.24, 2.45) is 0 Å². The third-order valence-corrected chi connectivity index (χ3v) is 7.12. The maximum Gasteiger partial charge on any atom is 0.304 e. The van der Waals surface area contributed by atoms with E-state index in [0.717, 1.165) is 41.9 Å². The highest BCUT2D eigenvalue weighted by molar-refractivity contribution is 5.72. The molecule has 0 radical (unpaired) electrons. The van der Waals surface area contributed by atoms with Crippen LogP contribution in [0.1, 0.15) is 53.9 Å². The zero-order valence-corrected chi connectivity index (χ0v) is 21.5. The minimum atomic E-state index is -0.816. The molecular formula is C31H34O6. The first-order valence-electron chi connectivity index (χ1n) is 13.0. The van der Waals surface area contributed by atoms with Crippen molar-refractivity contribution < 1.29 is 28.8 Å². The number of ether oxygens (including phenoxy) is 4. The number of carbonyl (C=O) groups is 1. The zero-order chi connectivity index (χ0) is 25.8. The van der Waals surface area contributed by atoms with Gasteiger partial charge in [0.1, 0.15) is 30.5 Å². The van der Waals surface area contributed by atoms with Crippen molar-refractivity contribution in [1.29, 1.82) is 0 Å². The molecule has 1 unspecified atom stereocenters. The molecule has 1 fully saturated rings. The molecule has 194 valence electrons. The molecule has 0 amide bonds. The molecular weight excluding hydrogens is 468 g/mol. The van der Waals surface area contributed by atoms with E-state index in [0.29, 0.717) is 31.3 Å². The fourth-order valence-electron chi connectivity index (χ4n) is 5.30. The summed E-state index contributed by atoms with van der Waals surface area (Å²) in [7, 11) is 0. The molecule has 0 bridgehead atoms. The van der Waals surface area contributed by atoms with Gasteiger partial charge in [0.25, 0.3) is 0 Å². The topological polar surface area (TPSA) is 74.2 Å². The van der Waals surface area contributed by atoms with E-state index in [1.54, 1.807) is 0 Å². The van der Waals surface area contributed by atoms with Gasteiger partial charge in [-0.15, -0.1) is 0 Å². The average molecular weight is 503 g/mol. The second-order valence-corrected chi connectivity index (χ2v) is 10.0. The summed E-state index contributed by atoms with van der Waals surface area (Å²) in [4.78, 5) is 11.1. The molecule has 6 nitrogen and oxygen atoms in total. The van der Waals surface area contributed by atoms with Crippen LogP contribution in [0.3, 0.4) is 0 Å². The number of fused-ring (bicyclic) bond motifs is 1. The molecule has 3 aromatic carbocycles. The highest BCUT2D eigenvalue weighted by atomic mass is 16.5. The van der Waals surface area contributed by atoms with Crippen molar-refractivity contribution >= 4 is 5.97 Å². The second kappa shape index (κ2) is 11.3. The summed E-state index contributed by atoms with van der Waals surface area (Å²) in [6, 6.07) is 18.3. The molecule has 37 heavy (non-hydrogen) atoms. The second-order valence-electron chi connectivity index (χ2n) is 10.0. The Morgan fingerprint density at radius 3 is 2.59 bits per heavy atom. The Morgan fingerprint density at radius 2 is 1.84 bits per heavy atom. The number of rotatable bonds is 9. The maximum atomic E-state index is 11.1. The normalized spacial score (nSPS) is 18.6. The fraction of sp³-hybridized carbons (Fsp3) is 0.387. The van der Waals surface area contributed by atoms with Crippen LogP contribution in [-0.4, -0.2) is 37.0 Å². The Balaban J connectivity index is 1.24. The van der Waals surface area contributed by atoms with Crippen LogP contribution in [-0.2, 0) is 16.1 Å². The lowest BCUT2D eigenvalue weighted by Gasteiger charge is -2.23. The Morgan fingerprint density at radius 1 is 1.00 bits per heavy atom. The minimum absolute atomic E-state index is 0.0703. The van der Waals surface area contributed by atoms with Crippen LogP contribution in [0.2, 0.25) is 0 Å². The van der Waals surface area contributed by atoms with Crippen molar-refractivity contribution in [2.45, 2.75) is 58.2 Å². The molecule has 2 atom stereocenters. The van der Waals surface area contributed by atoms with E-state index >= 15 is 0 Å². The third-order valence-electron chi connectivity index (χ3n) is 7.12. The first-order chi connectivity index (χ1) is 18.0. The first-order valence-corrected chi connectivity index (χ1v) is 13.0. The first kappa shape index (κ1) is 25.2. The molecule has 3 aromatic rings. The highest BCUT2D eigenvalue weighted by Crippen LogP contribution is 2.38. The zero-order valence-electron chi connectivity index (χ0n) is 21.5. The summed E-state index contributed by atoms with van der Waals surface area (Å²) in [5, 5.41) is 9.10. The maximum absolute atomic E-state index is 11.1. The molecule has 0 aliphatic carbocycles. The lowest BCUT2D eigenvalue weighted by molar-refractivity contribution is -0.137. The average Bonchev–Trinajstić information content (AvgIpc) is 3.28. The number of hydrogen-bond acceptors (Lipinski definition) is 5. The van der Waals surface area contributed by atoms with E-state index in [1.807, 2.05) is 18.2 Å². The Bertz CT molecular complexity index is 1240. The standard InChI is InChI=1S/C31H34O6/c1-20-12-27(36-19-26-8-3-4-11-34-26)13-21(2)31(20)23-7-5-6-22(14-23)17-35-25-9-10-28-24(15-30(32)33)18-37-29(28)16-25/h5-7,9-10,12-14,16,24,26H,3-4,8,11,15,17-19H2,1-2H3,(H,32,33)/t24?,26-/m0/s1. The summed E-state index contributed by atoms with van der Waals surface area (Å²) < 4.78 is 23.7. The SMILES string of the molecule is Cc1cc(OC[C@@H]2CCCCO2)cc(C)c1-c1cccc(COc2ccc3c(c2)OCC3CC(=O)O)c1. The summed E-state index contributed by atoms with van der Waals surface area (Å²) in [6.07, 6.45) is 3.67. The van der Waals surface area contributed by atoms with Crippen molar-refractivity contribution in [2.75, 3.05) is 19.8 Å². The monoisotopic (exact) mass is 502 g/mol. The number of carboxylic acids is 1. The molecule has 2 aliphatic heterocycles. The van der Waals surface area contributed by atoms with Crippen LogP contribution in [0.25, 0.3) is 11.1 Å². The van der Waals surface area contributed by atoms with E-state index in [-0.39, 0.29) is 18.4 Å². The highest BCUT2D eigenvalue weighted by Gasteiger charge is 2.26. The molecule has 0 spiro atoms. The van der Waals surface area contributed by atoms with Crippen molar-refractivity contribution in [3.8, 4) is 28.4 Å². The molecule has 0 saturated carbocycles. The van der Waals surface area contributed by atoms with Crippen LogP contribution in [0.15, 0.2) is 54.6 Å². The minimum Gasteiger partial charge on any atom is -0.492 e. The Hall–Kier alpha value is -3.51. The van der Waals surface area contributed by atoms with Gasteiger partial charge in [-0.1, -0.05) is 24.3 Å². The molecule has 1 N–H and O–H groups in total. The van der Waals surface area contributed by atoms with Crippen LogP contribution < -0.4 is 14.2 Å². The van der Waals surface area contributed by atoms with Crippen molar-refractivity contribution in [1.82, 2.24) is 0 Å². The smallest absolute Gasteiger partial charge is 0.304 e. The van der Waals surface area contributed by atoms with Gasteiger partial charge in [0, 0.05) is 24.2 Å². The Kier molecular flexibility index (Phi) is 7.65. The summed E-state index contributed by atoms with van der Waals surface area (Å²) >= 11 is 0. The fourth-order valence-corrected chi connectivity index (χ4v) is 5.30. The van der Waals surface area contributed by atoms with Gasteiger partial charge in [-0.05, 0) is 85.2 Å². The molecule has 2 aliphatic rings. The number of benzene rings is 3. The summed E-state index contributed by atoms with van der Waals surface area (Å²) in [6.45, 7) is 6.49. The van der Waals surface area contributed by atoms with E-state index in [9.17, 15) is 4.79 Å². The van der Waals surface area contributed by atoms with Gasteiger partial charge in [-0.25, -0.2) is 0 Å². The summed E-state index contributed by atoms with van der Waals surface area (Å²) in [5.74, 6) is 1.37. The van der Waals surface area contributed by atoms with E-state index in [4.69, 9.17) is 24.1 Å². The van der Waals surface area contributed by atoms with Crippen LogP contribution in [0.5, 0.6) is 17.2 Å². The van der Waals surface area contributed by atoms with Crippen LogP contribution in [0, 0.1) is 13.8 Å². The number of carboxylic acid groups (broad SMARTS) is 1. The number of hydrogen-bond donors (Lipinski definition) is 1. The lowest BCUT2D eigenvalue weighted by atomic mass is 9.94. The predicted octanol–water partition coefficient (Wildman–Crippen LogP) is 6.45. The van der Waals surface area contributed by atoms with Gasteiger partial charge in [-0.3, -0.25) is 4.79 Å². The molecule has 5 rings (SSSR count). The predicted molar refractivity (Wildman–Crippen MR) is 142 cm³/mol. The van der Waals surface area contributed by atoms with E-state index in [1.165, 1.54) is 23.1 Å². The van der Waals surface area contributed by atoms with Gasteiger partial charge in [0.05, 0.1) is 19.1 Å². The number of aryl methyl sites for hydroxylation is 2. The Labute approximate surface area is 218 Å². The quantitative estimate of drug-likeness (QED) is 0.363. The third kappa shape index (κ3) is 6.08. The molecule has 2 heterocycles. The molecule has 6 heteroatoms. The van der Waals surface area contributed by atoms with Gasteiger partial charge in [-0.2, -0.15) is 0 Å². The van der Waals surface area contributed by atoms with Crippen LogP contribution in [0.4, 0.5) is 0 Å². The van der Waals surface area contributed by atoms with Gasteiger partial charge in [0.2, 0.25) is 0 Å². The largest absolute Gasteiger partial charge is 0.492 e.